The first-order valence-electron chi connectivity index (χ1n) is 8.62. The van der Waals surface area contributed by atoms with E-state index in [9.17, 15) is 4.79 Å². The van der Waals surface area contributed by atoms with E-state index in [1.165, 1.54) is 0 Å². The van der Waals surface area contributed by atoms with E-state index in [4.69, 9.17) is 5.41 Å². The average Bonchev–Trinajstić information content (AvgIpc) is 2.89. The maximum Gasteiger partial charge on any atom is 0.182 e. The van der Waals surface area contributed by atoms with Crippen LogP contribution in [0.3, 0.4) is 0 Å². The van der Waals surface area contributed by atoms with Crippen molar-refractivity contribution in [1.29, 1.82) is 5.41 Å². The van der Waals surface area contributed by atoms with Gasteiger partial charge in [0.1, 0.15) is 11.5 Å². The van der Waals surface area contributed by atoms with Crippen LogP contribution in [0.1, 0.15) is 60.7 Å². The first kappa shape index (κ1) is 20.2. The molecule has 0 amide bonds. The van der Waals surface area contributed by atoms with Gasteiger partial charge in [-0.1, -0.05) is 33.8 Å². The molecular weight excluding hydrogens is 392 g/mol. The molecule has 3 rings (SSSR count). The summed E-state index contributed by atoms with van der Waals surface area (Å²) in [6.45, 7) is 9.03. The lowest BCUT2D eigenvalue weighted by Gasteiger charge is -2.19. The molecule has 0 bridgehead atoms. The van der Waals surface area contributed by atoms with Gasteiger partial charge in [-0.15, -0.1) is 17.0 Å². The van der Waals surface area contributed by atoms with Gasteiger partial charge in [0.05, 0.1) is 6.54 Å². The minimum Gasteiger partial charge on any atom is -0.343 e. The van der Waals surface area contributed by atoms with Crippen molar-refractivity contribution in [2.45, 2.75) is 46.1 Å². The number of hydrogen-bond acceptors (Lipinski definition) is 4. The minimum atomic E-state index is -0.104. The van der Waals surface area contributed by atoms with Crippen LogP contribution in [0.15, 0.2) is 30.5 Å². The van der Waals surface area contributed by atoms with Gasteiger partial charge >= 0.3 is 0 Å². The standard InChI is InChI=1S/C20H24N4O.BrH/c1-5-15-7-6-14-11-24(19(21)18(14)23-15)12-16(25)13-8-9-22-17(10-13)20(2,3)4;/h6-10,21H,5,11-12H2,1-4H3;1H. The number of nitrogens with one attached hydrogen (secondary N) is 1. The molecule has 1 aliphatic rings. The lowest BCUT2D eigenvalue weighted by molar-refractivity contribution is 0.0962. The summed E-state index contributed by atoms with van der Waals surface area (Å²) in [5.41, 5.74) is 4.13. The molecule has 138 valence electrons. The Labute approximate surface area is 165 Å². The fraction of sp³-hybridized carbons (Fsp3) is 0.400. The zero-order chi connectivity index (χ0) is 18.2. The highest BCUT2D eigenvalue weighted by Crippen LogP contribution is 2.23. The second-order valence-corrected chi connectivity index (χ2v) is 7.47. The molecule has 2 aromatic rings. The number of nitrogens with zero attached hydrogens (tertiary/aromatic N) is 3. The number of carbonyl (C=O) groups is 1. The summed E-state index contributed by atoms with van der Waals surface area (Å²) in [4.78, 5) is 23.4. The molecule has 6 heteroatoms. The van der Waals surface area contributed by atoms with Gasteiger partial charge in [-0.3, -0.25) is 15.2 Å². The summed E-state index contributed by atoms with van der Waals surface area (Å²) in [7, 11) is 0. The number of hydrogen-bond donors (Lipinski definition) is 1. The van der Waals surface area contributed by atoms with Crippen LogP contribution in [-0.2, 0) is 18.4 Å². The number of carbonyl (C=O) groups excluding carboxylic acids is 1. The number of ketones is 1. The topological polar surface area (TPSA) is 69.9 Å². The third-order valence-electron chi connectivity index (χ3n) is 4.49. The summed E-state index contributed by atoms with van der Waals surface area (Å²) in [6.07, 6.45) is 2.53. The molecule has 0 atom stereocenters. The third-order valence-corrected chi connectivity index (χ3v) is 4.49. The minimum absolute atomic E-state index is 0. The maximum atomic E-state index is 12.7. The van der Waals surface area contributed by atoms with Crippen LogP contribution in [0.5, 0.6) is 0 Å². The van der Waals surface area contributed by atoms with Crippen molar-refractivity contribution >= 4 is 28.6 Å². The highest BCUT2D eigenvalue weighted by molar-refractivity contribution is 8.93. The van der Waals surface area contributed by atoms with E-state index >= 15 is 0 Å². The number of fused-ring (bicyclic) bond motifs is 1. The summed E-state index contributed by atoms with van der Waals surface area (Å²) < 4.78 is 0. The van der Waals surface area contributed by atoms with Crippen molar-refractivity contribution in [3.8, 4) is 0 Å². The number of aryl methyl sites for hydroxylation is 1. The van der Waals surface area contributed by atoms with Gasteiger partial charge in [-0.05, 0) is 24.6 Å². The average molecular weight is 417 g/mol. The molecule has 3 heterocycles. The fourth-order valence-electron chi connectivity index (χ4n) is 2.91. The van der Waals surface area contributed by atoms with Gasteiger partial charge in [0.2, 0.25) is 0 Å². The molecule has 1 aliphatic heterocycles. The van der Waals surface area contributed by atoms with Crippen molar-refractivity contribution in [2.75, 3.05) is 6.54 Å². The first-order valence-corrected chi connectivity index (χ1v) is 8.62. The Morgan fingerprint density at radius 3 is 2.65 bits per heavy atom. The number of aromatic nitrogens is 2. The van der Waals surface area contributed by atoms with E-state index in [1.54, 1.807) is 17.2 Å². The molecular formula is C20H25BrN4O. The smallest absolute Gasteiger partial charge is 0.182 e. The van der Waals surface area contributed by atoms with Crippen LogP contribution in [0.25, 0.3) is 0 Å². The number of halogens is 1. The second-order valence-electron chi connectivity index (χ2n) is 7.47. The fourth-order valence-corrected chi connectivity index (χ4v) is 2.91. The number of pyridine rings is 2. The maximum absolute atomic E-state index is 12.7. The zero-order valence-electron chi connectivity index (χ0n) is 15.7. The van der Waals surface area contributed by atoms with Crippen molar-refractivity contribution in [3.05, 3.63) is 58.7 Å². The lowest BCUT2D eigenvalue weighted by atomic mass is 9.90. The van der Waals surface area contributed by atoms with Gasteiger partial charge in [-0.25, -0.2) is 4.98 Å². The molecule has 26 heavy (non-hydrogen) atoms. The highest BCUT2D eigenvalue weighted by atomic mass is 79.9. The van der Waals surface area contributed by atoms with Crippen molar-refractivity contribution in [3.63, 3.8) is 0 Å². The quantitative estimate of drug-likeness (QED) is 0.766. The van der Waals surface area contributed by atoms with E-state index in [2.05, 4.69) is 30.7 Å². The molecule has 0 aliphatic carbocycles. The van der Waals surface area contributed by atoms with Crippen LogP contribution in [0.2, 0.25) is 0 Å². The molecule has 0 aromatic carbocycles. The summed E-state index contributed by atoms with van der Waals surface area (Å²) in [5.74, 6) is 0.338. The molecule has 5 nitrogen and oxygen atoms in total. The summed E-state index contributed by atoms with van der Waals surface area (Å²) in [6, 6.07) is 7.63. The molecule has 0 radical (unpaired) electrons. The van der Waals surface area contributed by atoms with Crippen LogP contribution >= 0.6 is 17.0 Å². The van der Waals surface area contributed by atoms with E-state index < -0.39 is 0 Å². The van der Waals surface area contributed by atoms with Crippen molar-refractivity contribution < 1.29 is 4.79 Å². The number of rotatable bonds is 4. The number of amidine groups is 1. The van der Waals surface area contributed by atoms with Gasteiger partial charge in [-0.2, -0.15) is 0 Å². The summed E-state index contributed by atoms with van der Waals surface area (Å²) in [5, 5.41) is 8.36. The van der Waals surface area contributed by atoms with E-state index in [0.29, 0.717) is 23.6 Å². The molecule has 2 aromatic heterocycles. The molecule has 1 N–H and O–H groups in total. The van der Waals surface area contributed by atoms with E-state index in [0.717, 1.165) is 23.4 Å². The predicted octanol–water partition coefficient (Wildman–Crippen LogP) is 3.94. The highest BCUT2D eigenvalue weighted by Gasteiger charge is 2.28. The Morgan fingerprint density at radius 1 is 1.27 bits per heavy atom. The second kappa shape index (κ2) is 7.66. The van der Waals surface area contributed by atoms with Crippen molar-refractivity contribution in [2.24, 2.45) is 0 Å². The summed E-state index contributed by atoms with van der Waals surface area (Å²) >= 11 is 0. The van der Waals surface area contributed by atoms with E-state index in [1.807, 2.05) is 25.1 Å². The molecule has 0 spiro atoms. The van der Waals surface area contributed by atoms with Crippen LogP contribution in [0.4, 0.5) is 0 Å². The Morgan fingerprint density at radius 2 is 2.00 bits per heavy atom. The van der Waals surface area contributed by atoms with Crippen LogP contribution in [-0.4, -0.2) is 33.0 Å². The Hall–Kier alpha value is -2.08. The molecule has 0 saturated carbocycles. The zero-order valence-corrected chi connectivity index (χ0v) is 17.4. The Balaban J connectivity index is 0.00000243. The van der Waals surface area contributed by atoms with Gasteiger partial charge in [0.15, 0.2) is 5.78 Å². The van der Waals surface area contributed by atoms with Crippen LogP contribution < -0.4 is 0 Å². The van der Waals surface area contributed by atoms with Gasteiger partial charge in [0.25, 0.3) is 0 Å². The monoisotopic (exact) mass is 416 g/mol. The van der Waals surface area contributed by atoms with Crippen molar-refractivity contribution in [1.82, 2.24) is 14.9 Å². The van der Waals surface area contributed by atoms with Gasteiger partial charge in [0, 0.05) is 40.7 Å². The van der Waals surface area contributed by atoms with Crippen LogP contribution in [0, 0.1) is 5.41 Å². The Bertz CT molecular complexity index is 842. The normalized spacial score (nSPS) is 13.4. The predicted molar refractivity (Wildman–Crippen MR) is 108 cm³/mol. The third kappa shape index (κ3) is 4.01. The lowest BCUT2D eigenvalue weighted by Crippen LogP contribution is -2.30. The largest absolute Gasteiger partial charge is 0.343 e. The van der Waals surface area contributed by atoms with Gasteiger partial charge < -0.3 is 4.90 Å². The SMILES string of the molecule is Br.CCc1ccc2c(n1)C(=N)N(CC(=O)c1ccnc(C(C)(C)C)c1)C2. The molecule has 0 fully saturated rings. The molecule has 0 unspecified atom stereocenters. The Kier molecular flexibility index (Phi) is 5.96. The first-order chi connectivity index (χ1) is 11.8. The molecule has 0 saturated heterocycles. The van der Waals surface area contributed by atoms with E-state index in [-0.39, 0.29) is 34.7 Å². The number of Topliss-reactive ketones (excluding diaryl/α,β-unsaturated/α-hetero) is 1.